The van der Waals surface area contributed by atoms with Crippen LogP contribution < -0.4 is 10.6 Å². The van der Waals surface area contributed by atoms with E-state index in [0.29, 0.717) is 0 Å². The second-order valence-electron chi connectivity index (χ2n) is 3.99. The van der Waals surface area contributed by atoms with Gasteiger partial charge in [-0.1, -0.05) is 15.9 Å². The lowest BCUT2D eigenvalue weighted by Gasteiger charge is -2.34. The second kappa shape index (κ2) is 7.31. The Labute approximate surface area is 123 Å². The van der Waals surface area contributed by atoms with Crippen LogP contribution in [0.4, 0.5) is 11.4 Å². The Morgan fingerprint density at radius 1 is 1.12 bits per heavy atom. The maximum Gasteiger partial charge on any atom is 0.0601 e. The molecule has 98 valence electrons. The molecule has 1 aliphatic heterocycles. The zero-order valence-corrected chi connectivity index (χ0v) is 12.9. The molecular formula is C11H18BrCl2N3. The van der Waals surface area contributed by atoms with Crippen molar-refractivity contribution in [1.29, 1.82) is 0 Å². The van der Waals surface area contributed by atoms with Gasteiger partial charge in [0.25, 0.3) is 0 Å². The molecule has 1 saturated heterocycles. The molecular weight excluding hydrogens is 325 g/mol. The van der Waals surface area contributed by atoms with Crippen molar-refractivity contribution in [2.75, 3.05) is 43.9 Å². The molecule has 2 rings (SSSR count). The van der Waals surface area contributed by atoms with E-state index in [1.807, 2.05) is 12.1 Å². The van der Waals surface area contributed by atoms with Gasteiger partial charge < -0.3 is 15.5 Å². The molecule has 1 heterocycles. The van der Waals surface area contributed by atoms with Gasteiger partial charge in [-0.2, -0.15) is 0 Å². The molecule has 0 unspecified atom stereocenters. The first-order chi connectivity index (χ1) is 7.16. The van der Waals surface area contributed by atoms with Crippen molar-refractivity contribution in [2.24, 2.45) is 0 Å². The lowest BCUT2D eigenvalue weighted by Crippen LogP contribution is -2.44. The number of piperazine rings is 1. The number of nitrogen functional groups attached to an aromatic ring is 1. The largest absolute Gasteiger partial charge is 0.397 e. The molecule has 6 heteroatoms. The highest BCUT2D eigenvalue weighted by Crippen LogP contribution is 2.27. The van der Waals surface area contributed by atoms with Gasteiger partial charge in [-0.3, -0.25) is 0 Å². The van der Waals surface area contributed by atoms with Crippen molar-refractivity contribution >= 4 is 52.1 Å². The minimum Gasteiger partial charge on any atom is -0.397 e. The van der Waals surface area contributed by atoms with Crippen molar-refractivity contribution in [3.8, 4) is 0 Å². The van der Waals surface area contributed by atoms with Crippen molar-refractivity contribution < 1.29 is 0 Å². The van der Waals surface area contributed by atoms with Crippen LogP contribution in [0.3, 0.4) is 0 Å². The molecule has 0 radical (unpaired) electrons. The normalized spacial score (nSPS) is 16.0. The summed E-state index contributed by atoms with van der Waals surface area (Å²) in [6.07, 6.45) is 0. The topological polar surface area (TPSA) is 32.5 Å². The Balaban J connectivity index is 0.00000128. The Hall–Kier alpha value is -0.160. The summed E-state index contributed by atoms with van der Waals surface area (Å²) in [5.41, 5.74) is 8.02. The van der Waals surface area contributed by atoms with Crippen LogP contribution in [0, 0.1) is 0 Å². The molecule has 0 aliphatic carbocycles. The van der Waals surface area contributed by atoms with Crippen LogP contribution in [0.15, 0.2) is 22.7 Å². The highest BCUT2D eigenvalue weighted by molar-refractivity contribution is 9.10. The molecule has 1 fully saturated rings. The van der Waals surface area contributed by atoms with E-state index < -0.39 is 0 Å². The summed E-state index contributed by atoms with van der Waals surface area (Å²) in [5.74, 6) is 0. The van der Waals surface area contributed by atoms with E-state index in [-0.39, 0.29) is 24.8 Å². The average molecular weight is 343 g/mol. The molecule has 0 bridgehead atoms. The first-order valence-electron chi connectivity index (χ1n) is 5.15. The Kier molecular flexibility index (Phi) is 7.24. The van der Waals surface area contributed by atoms with Crippen molar-refractivity contribution in [3.05, 3.63) is 22.7 Å². The van der Waals surface area contributed by atoms with Gasteiger partial charge in [0.15, 0.2) is 0 Å². The summed E-state index contributed by atoms with van der Waals surface area (Å²) in [6.45, 7) is 4.33. The van der Waals surface area contributed by atoms with Crippen LogP contribution in [0.5, 0.6) is 0 Å². The lowest BCUT2D eigenvalue weighted by molar-refractivity contribution is 0.313. The number of benzene rings is 1. The monoisotopic (exact) mass is 341 g/mol. The van der Waals surface area contributed by atoms with E-state index in [0.717, 1.165) is 42.0 Å². The number of nitrogens with two attached hydrogens (primary N) is 1. The van der Waals surface area contributed by atoms with Gasteiger partial charge in [0.1, 0.15) is 0 Å². The number of nitrogens with zero attached hydrogens (tertiary/aromatic N) is 2. The smallest absolute Gasteiger partial charge is 0.0601 e. The van der Waals surface area contributed by atoms with Gasteiger partial charge in [0, 0.05) is 30.7 Å². The number of halogens is 3. The highest BCUT2D eigenvalue weighted by Gasteiger charge is 2.15. The molecule has 0 spiro atoms. The quantitative estimate of drug-likeness (QED) is 0.796. The van der Waals surface area contributed by atoms with Gasteiger partial charge in [-0.25, -0.2) is 0 Å². The standard InChI is InChI=1S/C11H16BrN3.2ClH/c1-14-4-6-15(7-5-14)11-3-2-9(12)8-10(11)13;;/h2-3,8H,4-7,13H2,1H3;2*1H. The minimum absolute atomic E-state index is 0. The first kappa shape index (κ1) is 16.8. The summed E-state index contributed by atoms with van der Waals surface area (Å²) in [5, 5.41) is 0. The fraction of sp³-hybridized carbons (Fsp3) is 0.455. The SMILES string of the molecule is CN1CCN(c2ccc(Br)cc2N)CC1.Cl.Cl. The molecule has 1 aromatic carbocycles. The van der Waals surface area contributed by atoms with Crippen molar-refractivity contribution in [3.63, 3.8) is 0 Å². The molecule has 1 aliphatic rings. The van der Waals surface area contributed by atoms with Crippen LogP contribution in [0.25, 0.3) is 0 Å². The lowest BCUT2D eigenvalue weighted by atomic mass is 10.2. The highest BCUT2D eigenvalue weighted by atomic mass is 79.9. The number of anilines is 2. The Morgan fingerprint density at radius 2 is 1.71 bits per heavy atom. The second-order valence-corrected chi connectivity index (χ2v) is 4.91. The predicted octanol–water partition coefficient (Wildman–Crippen LogP) is 2.63. The van der Waals surface area contributed by atoms with Crippen molar-refractivity contribution in [1.82, 2.24) is 4.90 Å². The average Bonchev–Trinajstić information content (AvgIpc) is 2.20. The number of hydrogen-bond acceptors (Lipinski definition) is 3. The van der Waals surface area contributed by atoms with Gasteiger partial charge in [-0.05, 0) is 25.2 Å². The number of likely N-dealkylation sites (N-methyl/N-ethyl adjacent to an activating group) is 1. The summed E-state index contributed by atoms with van der Waals surface area (Å²) < 4.78 is 1.04. The summed E-state index contributed by atoms with van der Waals surface area (Å²) in [4.78, 5) is 4.69. The molecule has 0 aromatic heterocycles. The zero-order valence-electron chi connectivity index (χ0n) is 9.73. The van der Waals surface area contributed by atoms with E-state index in [9.17, 15) is 0 Å². The number of hydrogen-bond donors (Lipinski definition) is 1. The third-order valence-electron chi connectivity index (χ3n) is 2.83. The van der Waals surface area contributed by atoms with E-state index in [1.165, 1.54) is 0 Å². The number of rotatable bonds is 1. The molecule has 3 nitrogen and oxygen atoms in total. The van der Waals surface area contributed by atoms with Gasteiger partial charge in [0.05, 0.1) is 11.4 Å². The Bertz CT molecular complexity index is 355. The van der Waals surface area contributed by atoms with Crippen LogP contribution in [0.2, 0.25) is 0 Å². The van der Waals surface area contributed by atoms with E-state index >= 15 is 0 Å². The van der Waals surface area contributed by atoms with E-state index in [1.54, 1.807) is 0 Å². The Morgan fingerprint density at radius 3 is 2.24 bits per heavy atom. The van der Waals surface area contributed by atoms with Gasteiger partial charge in [-0.15, -0.1) is 24.8 Å². The van der Waals surface area contributed by atoms with E-state index in [4.69, 9.17) is 5.73 Å². The molecule has 0 saturated carbocycles. The molecule has 0 atom stereocenters. The maximum absolute atomic E-state index is 6.00. The zero-order chi connectivity index (χ0) is 10.8. The van der Waals surface area contributed by atoms with Gasteiger partial charge >= 0.3 is 0 Å². The summed E-state index contributed by atoms with van der Waals surface area (Å²) in [7, 11) is 2.16. The fourth-order valence-electron chi connectivity index (χ4n) is 1.86. The maximum atomic E-state index is 6.00. The summed E-state index contributed by atoms with van der Waals surface area (Å²) in [6, 6.07) is 6.10. The van der Waals surface area contributed by atoms with Gasteiger partial charge in [0.2, 0.25) is 0 Å². The molecule has 1 aromatic rings. The minimum atomic E-state index is 0. The van der Waals surface area contributed by atoms with Crippen molar-refractivity contribution in [2.45, 2.75) is 0 Å². The predicted molar refractivity (Wildman–Crippen MR) is 82.8 cm³/mol. The fourth-order valence-corrected chi connectivity index (χ4v) is 2.24. The molecule has 2 N–H and O–H groups in total. The summed E-state index contributed by atoms with van der Waals surface area (Å²) >= 11 is 3.42. The third kappa shape index (κ3) is 4.21. The molecule has 0 amide bonds. The van der Waals surface area contributed by atoms with Crippen LogP contribution in [-0.4, -0.2) is 38.1 Å². The van der Waals surface area contributed by atoms with Crippen LogP contribution in [0.1, 0.15) is 0 Å². The molecule has 17 heavy (non-hydrogen) atoms. The first-order valence-corrected chi connectivity index (χ1v) is 5.94. The van der Waals surface area contributed by atoms with Crippen LogP contribution in [-0.2, 0) is 0 Å². The third-order valence-corrected chi connectivity index (χ3v) is 3.33. The van der Waals surface area contributed by atoms with E-state index in [2.05, 4.69) is 38.8 Å². The van der Waals surface area contributed by atoms with Crippen LogP contribution >= 0.6 is 40.7 Å².